The maximum Gasteiger partial charge on any atom is 0.407 e. The average Bonchev–Trinajstić information content (AvgIpc) is 2.29. The molecule has 1 amide bonds. The Morgan fingerprint density at radius 3 is 2.60 bits per heavy atom. The van der Waals surface area contributed by atoms with Gasteiger partial charge in [0.2, 0.25) is 0 Å². The van der Waals surface area contributed by atoms with Crippen LogP contribution in [0.4, 0.5) is 9.18 Å². The Morgan fingerprint density at radius 1 is 1.45 bits per heavy atom. The molecule has 1 unspecified atom stereocenters. The molecule has 1 rings (SSSR count). The molecule has 0 radical (unpaired) electrons. The summed E-state index contributed by atoms with van der Waals surface area (Å²) in [6.45, 7) is 7.38. The molecular weight excluding hydrogens is 259 g/mol. The summed E-state index contributed by atoms with van der Waals surface area (Å²) >= 11 is 0. The Kier molecular flexibility index (Phi) is 5.51. The van der Waals surface area contributed by atoms with E-state index in [4.69, 9.17) is 10.5 Å². The van der Waals surface area contributed by atoms with Crippen molar-refractivity contribution in [2.75, 3.05) is 6.54 Å². The van der Waals surface area contributed by atoms with Crippen molar-refractivity contribution in [3.05, 3.63) is 35.1 Å². The van der Waals surface area contributed by atoms with Crippen molar-refractivity contribution >= 4 is 6.09 Å². The van der Waals surface area contributed by atoms with Crippen LogP contribution in [0.2, 0.25) is 0 Å². The van der Waals surface area contributed by atoms with Gasteiger partial charge in [0.15, 0.2) is 0 Å². The fourth-order valence-electron chi connectivity index (χ4n) is 1.75. The Balaban J connectivity index is 2.65. The number of carbonyl (C=O) groups is 1. The predicted molar refractivity (Wildman–Crippen MR) is 77.1 cm³/mol. The van der Waals surface area contributed by atoms with Crippen LogP contribution in [0.25, 0.3) is 0 Å². The molecule has 1 aromatic carbocycles. The third kappa shape index (κ3) is 5.57. The monoisotopic (exact) mass is 282 g/mol. The molecule has 0 aliphatic carbocycles. The maximum absolute atomic E-state index is 13.8. The first kappa shape index (κ1) is 16.4. The molecule has 0 aliphatic rings. The smallest absolute Gasteiger partial charge is 0.407 e. The van der Waals surface area contributed by atoms with E-state index in [1.165, 1.54) is 6.07 Å². The minimum Gasteiger partial charge on any atom is -0.444 e. The van der Waals surface area contributed by atoms with Crippen molar-refractivity contribution < 1.29 is 13.9 Å². The van der Waals surface area contributed by atoms with Gasteiger partial charge in [-0.25, -0.2) is 9.18 Å². The molecule has 20 heavy (non-hydrogen) atoms. The summed E-state index contributed by atoms with van der Waals surface area (Å²) in [5, 5.41) is 2.66. The number of ether oxygens (including phenoxy) is 1. The first-order valence-corrected chi connectivity index (χ1v) is 6.66. The third-order valence-corrected chi connectivity index (χ3v) is 2.68. The maximum atomic E-state index is 13.8. The normalized spacial score (nSPS) is 12.9. The van der Waals surface area contributed by atoms with Crippen LogP contribution in [0, 0.1) is 12.7 Å². The van der Waals surface area contributed by atoms with Gasteiger partial charge in [-0.1, -0.05) is 12.1 Å². The Hall–Kier alpha value is -1.62. The van der Waals surface area contributed by atoms with Gasteiger partial charge in [-0.2, -0.15) is 0 Å². The van der Waals surface area contributed by atoms with Gasteiger partial charge in [0.1, 0.15) is 11.4 Å². The van der Waals surface area contributed by atoms with Gasteiger partial charge in [-0.15, -0.1) is 0 Å². The van der Waals surface area contributed by atoms with Gasteiger partial charge in [0.05, 0.1) is 0 Å². The zero-order valence-electron chi connectivity index (χ0n) is 12.5. The molecule has 0 fully saturated rings. The number of hydrogen-bond donors (Lipinski definition) is 2. The number of aryl methyl sites for hydroxylation is 1. The van der Waals surface area contributed by atoms with Crippen molar-refractivity contribution in [3.63, 3.8) is 0 Å². The standard InChI is InChI=1S/C15H23FN2O2/c1-10-5-6-11(13(16)7-10)8-12(9-17)18-14(19)20-15(2,3)4/h5-7,12H,8-9,17H2,1-4H3,(H,18,19). The number of hydrogen-bond acceptors (Lipinski definition) is 3. The van der Waals surface area contributed by atoms with Crippen LogP contribution in [-0.2, 0) is 11.2 Å². The summed E-state index contributed by atoms with van der Waals surface area (Å²) in [5.74, 6) is -0.283. The summed E-state index contributed by atoms with van der Waals surface area (Å²) < 4.78 is 18.9. The highest BCUT2D eigenvalue weighted by atomic mass is 19.1. The topological polar surface area (TPSA) is 64.3 Å². The summed E-state index contributed by atoms with van der Waals surface area (Å²) in [6, 6.07) is 4.65. The molecule has 3 N–H and O–H groups in total. The molecule has 1 aromatic rings. The Bertz CT molecular complexity index is 469. The molecule has 0 saturated heterocycles. The molecule has 4 nitrogen and oxygen atoms in total. The van der Waals surface area contributed by atoms with Crippen LogP contribution in [0.15, 0.2) is 18.2 Å². The van der Waals surface area contributed by atoms with Crippen molar-refractivity contribution in [3.8, 4) is 0 Å². The lowest BCUT2D eigenvalue weighted by Crippen LogP contribution is -2.44. The number of carbonyl (C=O) groups excluding carboxylic acids is 1. The highest BCUT2D eigenvalue weighted by molar-refractivity contribution is 5.68. The molecule has 1 atom stereocenters. The second-order valence-corrected chi connectivity index (χ2v) is 5.88. The van der Waals surface area contributed by atoms with E-state index < -0.39 is 11.7 Å². The lowest BCUT2D eigenvalue weighted by atomic mass is 10.0. The van der Waals surface area contributed by atoms with E-state index in [9.17, 15) is 9.18 Å². The third-order valence-electron chi connectivity index (χ3n) is 2.68. The van der Waals surface area contributed by atoms with Gasteiger partial charge in [0, 0.05) is 12.6 Å². The number of amides is 1. The van der Waals surface area contributed by atoms with Gasteiger partial charge >= 0.3 is 6.09 Å². The molecule has 0 aromatic heterocycles. The van der Waals surface area contributed by atoms with E-state index in [2.05, 4.69) is 5.32 Å². The quantitative estimate of drug-likeness (QED) is 0.892. The number of rotatable bonds is 4. The summed E-state index contributed by atoms with van der Waals surface area (Å²) in [7, 11) is 0. The van der Waals surface area contributed by atoms with E-state index in [0.29, 0.717) is 12.0 Å². The summed E-state index contributed by atoms with van der Waals surface area (Å²) in [5.41, 5.74) is 6.44. The number of benzene rings is 1. The highest BCUT2D eigenvalue weighted by Crippen LogP contribution is 2.12. The van der Waals surface area contributed by atoms with Gasteiger partial charge in [-0.3, -0.25) is 0 Å². The van der Waals surface area contributed by atoms with Crippen molar-refractivity contribution in [2.24, 2.45) is 5.73 Å². The zero-order valence-corrected chi connectivity index (χ0v) is 12.5. The SMILES string of the molecule is Cc1ccc(CC(CN)NC(=O)OC(C)(C)C)c(F)c1. The van der Waals surface area contributed by atoms with E-state index in [1.54, 1.807) is 26.8 Å². The Labute approximate surface area is 119 Å². The second kappa shape index (κ2) is 6.70. The fraction of sp³-hybridized carbons (Fsp3) is 0.533. The van der Waals surface area contributed by atoms with Gasteiger partial charge in [-0.05, 0) is 51.3 Å². The van der Waals surface area contributed by atoms with Crippen LogP contribution in [-0.4, -0.2) is 24.3 Å². The molecule has 0 heterocycles. The first-order chi connectivity index (χ1) is 9.21. The van der Waals surface area contributed by atoms with E-state index in [-0.39, 0.29) is 18.4 Å². The molecule has 5 heteroatoms. The molecule has 112 valence electrons. The zero-order chi connectivity index (χ0) is 15.3. The summed E-state index contributed by atoms with van der Waals surface area (Å²) in [4.78, 5) is 11.7. The highest BCUT2D eigenvalue weighted by Gasteiger charge is 2.19. The van der Waals surface area contributed by atoms with E-state index in [0.717, 1.165) is 5.56 Å². The minimum absolute atomic E-state index is 0.215. The van der Waals surface area contributed by atoms with Crippen LogP contribution < -0.4 is 11.1 Å². The molecule has 0 spiro atoms. The van der Waals surface area contributed by atoms with Crippen LogP contribution in [0.5, 0.6) is 0 Å². The fourth-order valence-corrected chi connectivity index (χ4v) is 1.75. The second-order valence-electron chi connectivity index (χ2n) is 5.88. The predicted octanol–water partition coefficient (Wildman–Crippen LogP) is 2.53. The van der Waals surface area contributed by atoms with E-state index >= 15 is 0 Å². The molecule has 0 saturated carbocycles. The molecular formula is C15H23FN2O2. The molecule has 0 aliphatic heterocycles. The minimum atomic E-state index is -0.571. The number of nitrogens with two attached hydrogens (primary N) is 1. The van der Waals surface area contributed by atoms with Crippen molar-refractivity contribution in [1.82, 2.24) is 5.32 Å². The Morgan fingerprint density at radius 2 is 2.10 bits per heavy atom. The lowest BCUT2D eigenvalue weighted by Gasteiger charge is -2.23. The number of nitrogens with one attached hydrogen (secondary N) is 1. The number of alkyl carbamates (subject to hydrolysis) is 1. The largest absolute Gasteiger partial charge is 0.444 e. The van der Waals surface area contributed by atoms with E-state index in [1.807, 2.05) is 13.0 Å². The van der Waals surface area contributed by atoms with Crippen LogP contribution in [0.1, 0.15) is 31.9 Å². The van der Waals surface area contributed by atoms with Gasteiger partial charge < -0.3 is 15.8 Å². The van der Waals surface area contributed by atoms with Crippen LogP contribution >= 0.6 is 0 Å². The average molecular weight is 282 g/mol. The van der Waals surface area contributed by atoms with Crippen LogP contribution in [0.3, 0.4) is 0 Å². The van der Waals surface area contributed by atoms with Crippen molar-refractivity contribution in [2.45, 2.75) is 45.8 Å². The first-order valence-electron chi connectivity index (χ1n) is 6.66. The number of halogens is 1. The van der Waals surface area contributed by atoms with Crippen molar-refractivity contribution in [1.29, 1.82) is 0 Å². The summed E-state index contributed by atoms with van der Waals surface area (Å²) in [6.07, 6.45) is -0.206. The van der Waals surface area contributed by atoms with Gasteiger partial charge in [0.25, 0.3) is 0 Å². The lowest BCUT2D eigenvalue weighted by molar-refractivity contribution is 0.0505. The molecule has 0 bridgehead atoms.